The van der Waals surface area contributed by atoms with Crippen molar-refractivity contribution in [2.24, 2.45) is 4.99 Å². The lowest BCUT2D eigenvalue weighted by Crippen LogP contribution is -2.46. The highest BCUT2D eigenvalue weighted by Crippen LogP contribution is 2.02. The molecule has 0 spiro atoms. The molecule has 126 valence electrons. The summed E-state index contributed by atoms with van der Waals surface area (Å²) in [5.74, 6) is 1.29. The number of ether oxygens (including phenoxy) is 1. The number of hydrogen-bond acceptors (Lipinski definition) is 5. The Morgan fingerprint density at radius 1 is 1.24 bits per heavy atom. The predicted molar refractivity (Wildman–Crippen MR) is 96.4 cm³/mol. The molecule has 9 heteroatoms. The van der Waals surface area contributed by atoms with Gasteiger partial charge < -0.3 is 15.4 Å². The van der Waals surface area contributed by atoms with E-state index in [1.165, 1.54) is 0 Å². The van der Waals surface area contributed by atoms with E-state index in [-0.39, 0.29) is 35.5 Å². The van der Waals surface area contributed by atoms with E-state index < -0.39 is 9.84 Å². The normalized spacial score (nSPS) is 18.9. The monoisotopic (exact) mass is 434 g/mol. The van der Waals surface area contributed by atoms with Crippen LogP contribution in [0, 0.1) is 0 Å². The Kier molecular flexibility index (Phi) is 11.4. The zero-order valence-electron chi connectivity index (χ0n) is 12.8. The smallest absolute Gasteiger partial charge is 0.191 e. The van der Waals surface area contributed by atoms with Crippen molar-refractivity contribution in [2.75, 3.05) is 64.5 Å². The topological polar surface area (TPSA) is 83.0 Å². The summed E-state index contributed by atoms with van der Waals surface area (Å²) < 4.78 is 27.9. The molecule has 0 atom stereocenters. The minimum Gasteiger partial charge on any atom is -0.380 e. The van der Waals surface area contributed by atoms with Crippen LogP contribution in [-0.4, -0.2) is 83.8 Å². The van der Waals surface area contributed by atoms with Gasteiger partial charge in [0.1, 0.15) is 0 Å². The van der Waals surface area contributed by atoms with Crippen LogP contribution in [0.1, 0.15) is 6.92 Å². The maximum atomic E-state index is 11.3. The third-order valence-corrected chi connectivity index (χ3v) is 4.73. The van der Waals surface area contributed by atoms with E-state index in [0.717, 1.165) is 25.6 Å². The molecule has 1 heterocycles. The summed E-state index contributed by atoms with van der Waals surface area (Å²) in [6.07, 6.45) is 0. The third kappa shape index (κ3) is 9.48. The van der Waals surface area contributed by atoms with Gasteiger partial charge in [-0.05, 0) is 6.92 Å². The standard InChI is InChI=1S/C12H26N4O3S.HI/c1-3-19-9-5-15-12(13-2)14-4-6-16-7-10-20(17,18)11-8-16;/h3-11H2,1-2H3,(H2,13,14,15);1H. The first-order valence-electron chi connectivity index (χ1n) is 7.02. The molecule has 21 heavy (non-hydrogen) atoms. The van der Waals surface area contributed by atoms with Crippen LogP contribution in [0.3, 0.4) is 0 Å². The first kappa shape index (κ1) is 20.9. The van der Waals surface area contributed by atoms with Gasteiger partial charge in [0.25, 0.3) is 0 Å². The average molecular weight is 434 g/mol. The fraction of sp³-hybridized carbons (Fsp3) is 0.917. The molecule has 1 rings (SSSR count). The minimum atomic E-state index is -2.79. The second-order valence-electron chi connectivity index (χ2n) is 4.62. The van der Waals surface area contributed by atoms with E-state index in [9.17, 15) is 8.42 Å². The summed E-state index contributed by atoms with van der Waals surface area (Å²) in [6.45, 7) is 6.87. The Bertz CT molecular complexity index is 389. The van der Waals surface area contributed by atoms with Crippen molar-refractivity contribution < 1.29 is 13.2 Å². The van der Waals surface area contributed by atoms with E-state index in [0.29, 0.717) is 26.3 Å². The van der Waals surface area contributed by atoms with Crippen LogP contribution in [0.15, 0.2) is 4.99 Å². The molecule has 0 aromatic heterocycles. The summed E-state index contributed by atoms with van der Waals surface area (Å²) in [7, 11) is -1.07. The van der Waals surface area contributed by atoms with Gasteiger partial charge in [0, 0.05) is 46.4 Å². The van der Waals surface area contributed by atoms with Gasteiger partial charge in [-0.3, -0.25) is 9.89 Å². The van der Waals surface area contributed by atoms with Crippen molar-refractivity contribution in [1.29, 1.82) is 0 Å². The molecule has 0 amide bonds. The van der Waals surface area contributed by atoms with E-state index in [4.69, 9.17) is 4.74 Å². The zero-order chi connectivity index (χ0) is 14.8. The van der Waals surface area contributed by atoms with Gasteiger partial charge in [-0.25, -0.2) is 8.42 Å². The van der Waals surface area contributed by atoms with E-state index in [2.05, 4.69) is 20.5 Å². The zero-order valence-corrected chi connectivity index (χ0v) is 15.9. The van der Waals surface area contributed by atoms with Crippen LogP contribution >= 0.6 is 24.0 Å². The minimum absolute atomic E-state index is 0. The predicted octanol–water partition coefficient (Wildman–Crippen LogP) is -0.464. The number of halogens is 1. The lowest BCUT2D eigenvalue weighted by molar-refractivity contribution is 0.152. The second-order valence-corrected chi connectivity index (χ2v) is 6.92. The Morgan fingerprint density at radius 3 is 2.43 bits per heavy atom. The maximum absolute atomic E-state index is 11.3. The molecule has 0 unspecified atom stereocenters. The summed E-state index contributed by atoms with van der Waals surface area (Å²) >= 11 is 0. The largest absolute Gasteiger partial charge is 0.380 e. The van der Waals surface area contributed by atoms with E-state index >= 15 is 0 Å². The fourth-order valence-corrected chi connectivity index (χ4v) is 3.19. The number of hydrogen-bond donors (Lipinski definition) is 2. The quantitative estimate of drug-likeness (QED) is 0.244. The van der Waals surface area contributed by atoms with Crippen molar-refractivity contribution in [3.05, 3.63) is 0 Å². The van der Waals surface area contributed by atoms with Gasteiger partial charge in [0.05, 0.1) is 18.1 Å². The van der Waals surface area contributed by atoms with Crippen LogP contribution in [0.4, 0.5) is 0 Å². The molecule has 0 aromatic rings. The maximum Gasteiger partial charge on any atom is 0.191 e. The lowest BCUT2D eigenvalue weighted by Gasteiger charge is -2.26. The highest BCUT2D eigenvalue weighted by molar-refractivity contribution is 14.0. The van der Waals surface area contributed by atoms with Crippen LogP contribution in [0.5, 0.6) is 0 Å². The van der Waals surface area contributed by atoms with Crippen molar-refractivity contribution in [3.63, 3.8) is 0 Å². The average Bonchev–Trinajstić information content (AvgIpc) is 2.43. The molecule has 1 aliphatic rings. The first-order valence-corrected chi connectivity index (χ1v) is 8.84. The van der Waals surface area contributed by atoms with Gasteiger partial charge in [-0.2, -0.15) is 0 Å². The molecule has 0 saturated carbocycles. The first-order chi connectivity index (χ1) is 9.57. The van der Waals surface area contributed by atoms with Crippen molar-refractivity contribution in [3.8, 4) is 0 Å². The third-order valence-electron chi connectivity index (χ3n) is 3.12. The molecule has 0 bridgehead atoms. The molecular formula is C12H27IN4O3S. The fourth-order valence-electron chi connectivity index (χ4n) is 1.91. The Morgan fingerprint density at radius 2 is 1.86 bits per heavy atom. The van der Waals surface area contributed by atoms with Gasteiger partial charge >= 0.3 is 0 Å². The molecule has 1 saturated heterocycles. The summed E-state index contributed by atoms with van der Waals surface area (Å²) in [5, 5.41) is 6.36. The molecule has 2 N–H and O–H groups in total. The van der Waals surface area contributed by atoms with Crippen LogP contribution in [0.25, 0.3) is 0 Å². The molecule has 1 aliphatic heterocycles. The molecule has 0 aliphatic carbocycles. The van der Waals surface area contributed by atoms with Gasteiger partial charge in [-0.1, -0.05) is 0 Å². The van der Waals surface area contributed by atoms with Gasteiger partial charge in [-0.15, -0.1) is 24.0 Å². The molecular weight excluding hydrogens is 407 g/mol. The summed E-state index contributed by atoms with van der Waals surface area (Å²) in [6, 6.07) is 0. The van der Waals surface area contributed by atoms with E-state index in [1.54, 1.807) is 7.05 Å². The Hall–Kier alpha value is -0.130. The van der Waals surface area contributed by atoms with Crippen molar-refractivity contribution in [1.82, 2.24) is 15.5 Å². The summed E-state index contributed by atoms with van der Waals surface area (Å²) in [4.78, 5) is 6.27. The lowest BCUT2D eigenvalue weighted by atomic mass is 10.4. The van der Waals surface area contributed by atoms with Gasteiger partial charge in [0.2, 0.25) is 0 Å². The second kappa shape index (κ2) is 11.4. The number of rotatable bonds is 7. The number of guanidine groups is 1. The highest BCUT2D eigenvalue weighted by Gasteiger charge is 2.20. The van der Waals surface area contributed by atoms with E-state index in [1.807, 2.05) is 6.92 Å². The number of nitrogens with one attached hydrogen (secondary N) is 2. The highest BCUT2D eigenvalue weighted by atomic mass is 127. The van der Waals surface area contributed by atoms with Crippen LogP contribution in [-0.2, 0) is 14.6 Å². The molecule has 0 aromatic carbocycles. The van der Waals surface area contributed by atoms with Crippen molar-refractivity contribution in [2.45, 2.75) is 6.92 Å². The molecule has 0 radical (unpaired) electrons. The number of sulfone groups is 1. The van der Waals surface area contributed by atoms with Gasteiger partial charge in [0.15, 0.2) is 15.8 Å². The SMILES string of the molecule is CCOCCNC(=NC)NCCN1CCS(=O)(=O)CC1.I. The summed E-state index contributed by atoms with van der Waals surface area (Å²) in [5.41, 5.74) is 0. The van der Waals surface area contributed by atoms with Crippen LogP contribution < -0.4 is 10.6 Å². The number of nitrogens with zero attached hydrogens (tertiary/aromatic N) is 2. The molecule has 1 fully saturated rings. The Balaban J connectivity index is 0.00000400. The van der Waals surface area contributed by atoms with Crippen LogP contribution in [0.2, 0.25) is 0 Å². The molecule has 7 nitrogen and oxygen atoms in total. The van der Waals surface area contributed by atoms with Crippen molar-refractivity contribution >= 4 is 39.8 Å². The Labute approximate surface area is 144 Å². The number of aliphatic imine (C=N–C) groups is 1.